The van der Waals surface area contributed by atoms with Crippen LogP contribution in [0.25, 0.3) is 0 Å². The zero-order chi connectivity index (χ0) is 16.6. The van der Waals surface area contributed by atoms with Gasteiger partial charge in [-0.3, -0.25) is 4.99 Å². The molecule has 1 aliphatic heterocycles. The first kappa shape index (κ1) is 18.5. The van der Waals surface area contributed by atoms with Gasteiger partial charge in [0.15, 0.2) is 5.96 Å². The molecule has 1 saturated heterocycles. The van der Waals surface area contributed by atoms with Gasteiger partial charge in [-0.1, -0.05) is 0 Å². The third-order valence-electron chi connectivity index (χ3n) is 3.35. The Morgan fingerprint density at radius 3 is 2.50 bits per heavy atom. The summed E-state index contributed by atoms with van der Waals surface area (Å²) in [5.41, 5.74) is 0. The highest BCUT2D eigenvalue weighted by molar-refractivity contribution is 7.90. The van der Waals surface area contributed by atoms with Crippen LogP contribution >= 0.6 is 0 Å². The smallest absolute Gasteiger partial charge is 0.409 e. The molecule has 0 aromatic carbocycles. The summed E-state index contributed by atoms with van der Waals surface area (Å²) in [6.07, 6.45) is 2.53. The monoisotopic (exact) mass is 334 g/mol. The number of guanidine groups is 1. The highest BCUT2D eigenvalue weighted by Crippen LogP contribution is 2.11. The zero-order valence-electron chi connectivity index (χ0n) is 13.5. The molecule has 1 fully saturated rings. The Balaban J connectivity index is 2.33. The van der Waals surface area contributed by atoms with E-state index < -0.39 is 9.84 Å². The van der Waals surface area contributed by atoms with E-state index in [0.717, 1.165) is 12.8 Å². The van der Waals surface area contributed by atoms with Crippen molar-refractivity contribution < 1.29 is 17.9 Å². The van der Waals surface area contributed by atoms with Crippen molar-refractivity contribution in [3.8, 4) is 0 Å². The number of carbonyl (C=O) groups is 1. The van der Waals surface area contributed by atoms with E-state index in [0.29, 0.717) is 32.2 Å². The number of piperidine rings is 1. The van der Waals surface area contributed by atoms with Gasteiger partial charge in [0.25, 0.3) is 0 Å². The van der Waals surface area contributed by atoms with Gasteiger partial charge < -0.3 is 20.3 Å². The number of hydrogen-bond acceptors (Lipinski definition) is 5. The number of sulfone groups is 1. The molecule has 1 aliphatic rings. The number of carbonyl (C=O) groups excluding carboxylic acids is 1. The Morgan fingerprint density at radius 1 is 1.36 bits per heavy atom. The lowest BCUT2D eigenvalue weighted by Crippen LogP contribution is -2.50. The van der Waals surface area contributed by atoms with Gasteiger partial charge in [-0.15, -0.1) is 0 Å². The second kappa shape index (κ2) is 8.82. The molecule has 1 amide bonds. The molecule has 1 heterocycles. The number of nitrogens with zero attached hydrogens (tertiary/aromatic N) is 2. The van der Waals surface area contributed by atoms with Gasteiger partial charge >= 0.3 is 6.09 Å². The Kier molecular flexibility index (Phi) is 7.43. The third kappa shape index (κ3) is 6.97. The summed E-state index contributed by atoms with van der Waals surface area (Å²) in [5, 5.41) is 6.23. The summed E-state index contributed by atoms with van der Waals surface area (Å²) in [5.74, 6) is 0.646. The Morgan fingerprint density at radius 2 is 2.00 bits per heavy atom. The van der Waals surface area contributed by atoms with E-state index in [2.05, 4.69) is 15.6 Å². The average molecular weight is 334 g/mol. The van der Waals surface area contributed by atoms with E-state index in [4.69, 9.17) is 4.74 Å². The van der Waals surface area contributed by atoms with Gasteiger partial charge in [-0.25, -0.2) is 13.2 Å². The summed E-state index contributed by atoms with van der Waals surface area (Å²) in [7, 11) is -1.34. The fourth-order valence-corrected chi connectivity index (χ4v) is 2.64. The summed E-state index contributed by atoms with van der Waals surface area (Å²) < 4.78 is 27.2. The summed E-state index contributed by atoms with van der Waals surface area (Å²) in [6, 6.07) is 0.204. The van der Waals surface area contributed by atoms with Gasteiger partial charge in [0.1, 0.15) is 9.84 Å². The predicted molar refractivity (Wildman–Crippen MR) is 85.8 cm³/mol. The molecule has 0 saturated carbocycles. The van der Waals surface area contributed by atoms with Crippen LogP contribution in [0, 0.1) is 0 Å². The minimum Gasteiger partial charge on any atom is -0.450 e. The number of ether oxygens (including phenoxy) is 1. The van der Waals surface area contributed by atoms with Crippen LogP contribution in [-0.4, -0.2) is 76.7 Å². The fraction of sp³-hybridized carbons (Fsp3) is 0.846. The van der Waals surface area contributed by atoms with Crippen LogP contribution in [0.1, 0.15) is 19.8 Å². The predicted octanol–water partition coefficient (Wildman–Crippen LogP) is -0.183. The molecule has 8 nitrogen and oxygen atoms in total. The number of amides is 1. The van der Waals surface area contributed by atoms with Crippen LogP contribution in [0.15, 0.2) is 4.99 Å². The Labute approximate surface area is 132 Å². The highest BCUT2D eigenvalue weighted by atomic mass is 32.2. The van der Waals surface area contributed by atoms with E-state index in [1.165, 1.54) is 6.26 Å². The van der Waals surface area contributed by atoms with Crippen LogP contribution in [0.4, 0.5) is 4.79 Å². The molecule has 0 aliphatic carbocycles. The van der Waals surface area contributed by atoms with Crippen LogP contribution in [-0.2, 0) is 14.6 Å². The van der Waals surface area contributed by atoms with Crippen molar-refractivity contribution in [2.75, 3.05) is 45.3 Å². The van der Waals surface area contributed by atoms with Crippen molar-refractivity contribution in [3.05, 3.63) is 0 Å². The van der Waals surface area contributed by atoms with Crippen molar-refractivity contribution in [3.63, 3.8) is 0 Å². The van der Waals surface area contributed by atoms with E-state index in [1.807, 2.05) is 0 Å². The molecule has 0 aromatic heterocycles. The number of rotatable bonds is 5. The second-order valence-electron chi connectivity index (χ2n) is 5.23. The molecule has 0 unspecified atom stereocenters. The molecule has 0 bridgehead atoms. The SMILES string of the molecule is CCOC(=O)N1CCC(NC(=NC)NCCS(C)(=O)=O)CC1. The Hall–Kier alpha value is -1.51. The normalized spacial score (nSPS) is 17.2. The highest BCUT2D eigenvalue weighted by Gasteiger charge is 2.23. The second-order valence-corrected chi connectivity index (χ2v) is 7.49. The number of likely N-dealkylation sites (tertiary alicyclic amines) is 1. The average Bonchev–Trinajstić information content (AvgIpc) is 2.46. The van der Waals surface area contributed by atoms with Gasteiger partial charge in [-0.2, -0.15) is 0 Å². The molecule has 128 valence electrons. The lowest BCUT2D eigenvalue weighted by atomic mass is 10.1. The molecule has 0 spiro atoms. The van der Waals surface area contributed by atoms with E-state index in [9.17, 15) is 13.2 Å². The molecule has 0 aromatic rings. The lowest BCUT2D eigenvalue weighted by molar-refractivity contribution is 0.0963. The van der Waals surface area contributed by atoms with Crippen LogP contribution in [0.5, 0.6) is 0 Å². The maximum absolute atomic E-state index is 11.6. The van der Waals surface area contributed by atoms with Crippen molar-refractivity contribution in [2.24, 2.45) is 4.99 Å². The molecule has 0 atom stereocenters. The zero-order valence-corrected chi connectivity index (χ0v) is 14.3. The Bertz CT molecular complexity index is 484. The first-order valence-electron chi connectivity index (χ1n) is 7.42. The molecule has 22 heavy (non-hydrogen) atoms. The lowest BCUT2D eigenvalue weighted by Gasteiger charge is -2.32. The molecule has 2 N–H and O–H groups in total. The van der Waals surface area contributed by atoms with Crippen molar-refractivity contribution in [2.45, 2.75) is 25.8 Å². The standard InChI is InChI=1S/C13H26N4O4S/c1-4-21-13(18)17-8-5-11(6-9-17)16-12(14-2)15-7-10-22(3,19)20/h11H,4-10H2,1-3H3,(H2,14,15,16). The first-order chi connectivity index (χ1) is 10.4. The van der Waals surface area contributed by atoms with Crippen LogP contribution in [0.2, 0.25) is 0 Å². The number of hydrogen-bond donors (Lipinski definition) is 2. The molecular weight excluding hydrogens is 308 g/mol. The van der Waals surface area contributed by atoms with Crippen molar-refractivity contribution in [1.82, 2.24) is 15.5 Å². The maximum atomic E-state index is 11.6. The minimum absolute atomic E-state index is 0.0645. The van der Waals surface area contributed by atoms with Gasteiger partial charge in [-0.05, 0) is 19.8 Å². The maximum Gasteiger partial charge on any atom is 0.409 e. The number of aliphatic imine (C=N–C) groups is 1. The molecular formula is C13H26N4O4S. The first-order valence-corrected chi connectivity index (χ1v) is 9.48. The van der Waals surface area contributed by atoms with E-state index in [1.54, 1.807) is 18.9 Å². The summed E-state index contributed by atoms with van der Waals surface area (Å²) in [6.45, 7) is 3.76. The van der Waals surface area contributed by atoms with Crippen molar-refractivity contribution >= 4 is 21.9 Å². The van der Waals surface area contributed by atoms with Gasteiger partial charge in [0.05, 0.1) is 12.4 Å². The van der Waals surface area contributed by atoms with E-state index >= 15 is 0 Å². The molecule has 1 rings (SSSR count). The summed E-state index contributed by atoms with van der Waals surface area (Å²) >= 11 is 0. The van der Waals surface area contributed by atoms with E-state index in [-0.39, 0.29) is 17.9 Å². The molecule has 9 heteroatoms. The minimum atomic E-state index is -2.99. The number of nitrogens with one attached hydrogen (secondary N) is 2. The van der Waals surface area contributed by atoms with Gasteiger partial charge in [0, 0.05) is 39.0 Å². The topological polar surface area (TPSA) is 100 Å². The van der Waals surface area contributed by atoms with Crippen LogP contribution in [0.3, 0.4) is 0 Å². The molecule has 0 radical (unpaired) electrons. The van der Waals surface area contributed by atoms with Gasteiger partial charge in [0.2, 0.25) is 0 Å². The fourth-order valence-electron chi connectivity index (χ4n) is 2.16. The largest absolute Gasteiger partial charge is 0.450 e. The third-order valence-corrected chi connectivity index (χ3v) is 4.30. The van der Waals surface area contributed by atoms with Crippen molar-refractivity contribution in [1.29, 1.82) is 0 Å². The summed E-state index contributed by atoms with van der Waals surface area (Å²) in [4.78, 5) is 17.4. The van der Waals surface area contributed by atoms with Crippen LogP contribution < -0.4 is 10.6 Å². The quantitative estimate of drug-likeness (QED) is 0.534.